The molecule has 5 heteroatoms. The Hall–Kier alpha value is -1.07. The minimum Gasteiger partial charge on any atom is -0.456 e. The van der Waals surface area contributed by atoms with Gasteiger partial charge in [-0.2, -0.15) is 0 Å². The smallest absolute Gasteiger partial charge is 0.340 e. The molecule has 0 aliphatic carbocycles. The van der Waals surface area contributed by atoms with Crippen molar-refractivity contribution in [3.63, 3.8) is 0 Å². The molecule has 0 saturated carbocycles. The van der Waals surface area contributed by atoms with Crippen LogP contribution in [0.1, 0.15) is 61.3 Å². The van der Waals surface area contributed by atoms with Gasteiger partial charge in [0.25, 0.3) is 0 Å². The number of ether oxygens (including phenoxy) is 3. The minimum atomic E-state index is -1.03. The van der Waals surface area contributed by atoms with Crippen LogP contribution in [0.3, 0.4) is 0 Å². The molecule has 1 aliphatic heterocycles. The van der Waals surface area contributed by atoms with Crippen molar-refractivity contribution in [2.24, 2.45) is 11.8 Å². The SMILES string of the molecule is CC[C@H](C)C[C@@](C)(OC)[C@H](O)[C@@H](C)C1=C(C)C(=O)OC(C)(C)O1. The van der Waals surface area contributed by atoms with Crippen LogP contribution in [0.15, 0.2) is 11.3 Å². The first kappa shape index (κ1) is 20.0. The van der Waals surface area contributed by atoms with Crippen molar-refractivity contribution in [3.05, 3.63) is 11.3 Å². The highest BCUT2D eigenvalue weighted by molar-refractivity contribution is 5.89. The topological polar surface area (TPSA) is 65.0 Å². The Bertz CT molecular complexity index is 468. The lowest BCUT2D eigenvalue weighted by atomic mass is 9.80. The first-order chi connectivity index (χ1) is 10.5. The van der Waals surface area contributed by atoms with Crippen LogP contribution in [-0.2, 0) is 19.0 Å². The van der Waals surface area contributed by atoms with Crippen molar-refractivity contribution in [1.29, 1.82) is 0 Å². The van der Waals surface area contributed by atoms with Crippen molar-refractivity contribution < 1.29 is 24.1 Å². The van der Waals surface area contributed by atoms with Gasteiger partial charge in [-0.1, -0.05) is 27.2 Å². The molecule has 4 atom stereocenters. The molecule has 0 fully saturated rings. The predicted molar refractivity (Wildman–Crippen MR) is 88.6 cm³/mol. The summed E-state index contributed by atoms with van der Waals surface area (Å²) in [5.74, 6) is -0.913. The maximum Gasteiger partial charge on any atom is 0.340 e. The Kier molecular flexibility index (Phi) is 6.27. The Morgan fingerprint density at radius 1 is 1.30 bits per heavy atom. The molecular formula is C18H32O5. The summed E-state index contributed by atoms with van der Waals surface area (Å²) in [4.78, 5) is 12.0. The molecule has 0 spiro atoms. The minimum absolute atomic E-state index is 0.379. The molecule has 134 valence electrons. The standard InChI is InChI=1S/C18H32O5/c1-9-11(2)10-18(7,21-8)15(19)12(3)14-13(4)16(20)23-17(5,6)22-14/h11-12,15,19H,9-10H2,1-8H3/t11-,12-,15+,18+/m0/s1. The molecule has 1 N–H and O–H groups in total. The van der Waals surface area contributed by atoms with Crippen molar-refractivity contribution in [2.75, 3.05) is 7.11 Å². The van der Waals surface area contributed by atoms with E-state index in [1.807, 2.05) is 13.8 Å². The number of aliphatic hydroxyl groups excluding tert-OH is 1. The molecule has 23 heavy (non-hydrogen) atoms. The van der Waals surface area contributed by atoms with E-state index in [0.717, 1.165) is 12.8 Å². The van der Waals surface area contributed by atoms with Crippen LogP contribution in [0, 0.1) is 11.8 Å². The lowest BCUT2D eigenvalue weighted by Crippen LogP contribution is -2.48. The quantitative estimate of drug-likeness (QED) is 0.726. The van der Waals surface area contributed by atoms with Gasteiger partial charge in [0.05, 0.1) is 17.3 Å². The van der Waals surface area contributed by atoms with Crippen LogP contribution < -0.4 is 0 Å². The zero-order chi connectivity index (χ0) is 18.0. The third kappa shape index (κ3) is 4.48. The van der Waals surface area contributed by atoms with Gasteiger partial charge >= 0.3 is 5.97 Å². The second kappa shape index (κ2) is 7.22. The van der Waals surface area contributed by atoms with E-state index < -0.39 is 23.5 Å². The van der Waals surface area contributed by atoms with Crippen LogP contribution in [0.2, 0.25) is 0 Å². The molecule has 0 aromatic rings. The van der Waals surface area contributed by atoms with Gasteiger partial charge < -0.3 is 19.3 Å². The van der Waals surface area contributed by atoms with Crippen LogP contribution in [0.25, 0.3) is 0 Å². The molecule has 1 heterocycles. The zero-order valence-corrected chi connectivity index (χ0v) is 15.7. The van der Waals surface area contributed by atoms with E-state index in [1.165, 1.54) is 0 Å². The van der Waals surface area contributed by atoms with E-state index in [0.29, 0.717) is 17.3 Å². The summed E-state index contributed by atoms with van der Waals surface area (Å²) >= 11 is 0. The summed E-state index contributed by atoms with van der Waals surface area (Å²) in [6.07, 6.45) is 0.941. The second-order valence-electron chi connectivity index (χ2n) is 7.35. The first-order valence-electron chi connectivity index (χ1n) is 8.33. The lowest BCUT2D eigenvalue weighted by molar-refractivity contribution is -0.215. The maximum atomic E-state index is 12.0. The number of methoxy groups -OCH3 is 1. The van der Waals surface area contributed by atoms with Crippen LogP contribution in [0.4, 0.5) is 0 Å². The van der Waals surface area contributed by atoms with Gasteiger partial charge in [0.15, 0.2) is 0 Å². The predicted octanol–water partition coefficient (Wildman–Crippen LogP) is 3.41. The van der Waals surface area contributed by atoms with Gasteiger partial charge in [0.1, 0.15) is 5.76 Å². The molecule has 0 saturated heterocycles. The van der Waals surface area contributed by atoms with Gasteiger partial charge in [-0.05, 0) is 26.2 Å². The number of hydrogen-bond donors (Lipinski definition) is 1. The highest BCUT2D eigenvalue weighted by atomic mass is 16.7. The molecule has 0 bridgehead atoms. The third-order valence-electron chi connectivity index (χ3n) is 4.80. The van der Waals surface area contributed by atoms with Gasteiger partial charge in [-0.3, -0.25) is 0 Å². The van der Waals surface area contributed by atoms with Crippen LogP contribution >= 0.6 is 0 Å². The second-order valence-corrected chi connectivity index (χ2v) is 7.35. The Morgan fingerprint density at radius 2 is 1.87 bits per heavy atom. The summed E-state index contributed by atoms with van der Waals surface area (Å²) in [6.45, 7) is 13.0. The van der Waals surface area contributed by atoms with E-state index in [2.05, 4.69) is 13.8 Å². The molecule has 0 radical (unpaired) electrons. The lowest BCUT2D eigenvalue weighted by Gasteiger charge is -2.41. The number of hydrogen-bond acceptors (Lipinski definition) is 5. The first-order valence-corrected chi connectivity index (χ1v) is 8.33. The maximum absolute atomic E-state index is 12.0. The molecule has 0 aromatic carbocycles. The van der Waals surface area contributed by atoms with E-state index in [-0.39, 0.29) is 5.92 Å². The molecule has 1 aliphatic rings. The number of esters is 1. The molecule has 5 nitrogen and oxygen atoms in total. The summed E-state index contributed by atoms with van der Waals surface area (Å²) < 4.78 is 16.7. The van der Waals surface area contributed by atoms with Crippen molar-refractivity contribution in [1.82, 2.24) is 0 Å². The fourth-order valence-electron chi connectivity index (χ4n) is 3.03. The van der Waals surface area contributed by atoms with Crippen molar-refractivity contribution in [2.45, 2.75) is 78.8 Å². The molecule has 0 aromatic heterocycles. The average molecular weight is 328 g/mol. The average Bonchev–Trinajstić information content (AvgIpc) is 2.48. The van der Waals surface area contributed by atoms with E-state index in [4.69, 9.17) is 14.2 Å². The van der Waals surface area contributed by atoms with Crippen LogP contribution in [0.5, 0.6) is 0 Å². The number of carbonyl (C=O) groups excluding carboxylic acids is 1. The monoisotopic (exact) mass is 328 g/mol. The summed E-state index contributed by atoms with van der Waals surface area (Å²) in [5, 5.41) is 10.9. The van der Waals surface area contributed by atoms with E-state index in [9.17, 15) is 9.90 Å². The summed E-state index contributed by atoms with van der Waals surface area (Å²) in [5.41, 5.74) is -0.311. The van der Waals surface area contributed by atoms with Crippen molar-refractivity contribution in [3.8, 4) is 0 Å². The number of cyclic esters (lactones) is 1. The zero-order valence-electron chi connectivity index (χ0n) is 15.7. The van der Waals surface area contributed by atoms with Crippen LogP contribution in [-0.4, -0.2) is 35.7 Å². The van der Waals surface area contributed by atoms with E-state index >= 15 is 0 Å². The fourth-order valence-corrected chi connectivity index (χ4v) is 3.03. The Labute approximate surface area is 140 Å². The number of carbonyl (C=O) groups is 1. The van der Waals surface area contributed by atoms with Gasteiger partial charge in [-0.25, -0.2) is 4.79 Å². The molecule has 1 rings (SSSR count). The highest BCUT2D eigenvalue weighted by Crippen LogP contribution is 2.37. The molecule has 0 unspecified atom stereocenters. The molecule has 0 amide bonds. The fraction of sp³-hybridized carbons (Fsp3) is 0.833. The number of rotatable bonds is 7. The largest absolute Gasteiger partial charge is 0.456 e. The third-order valence-corrected chi connectivity index (χ3v) is 4.80. The van der Waals surface area contributed by atoms with Gasteiger partial charge in [0, 0.05) is 26.9 Å². The van der Waals surface area contributed by atoms with Gasteiger partial charge in [0.2, 0.25) is 5.79 Å². The highest BCUT2D eigenvalue weighted by Gasteiger charge is 2.43. The van der Waals surface area contributed by atoms with Crippen molar-refractivity contribution >= 4 is 5.97 Å². The number of aliphatic hydroxyl groups is 1. The van der Waals surface area contributed by atoms with Gasteiger partial charge in [-0.15, -0.1) is 0 Å². The normalized spacial score (nSPS) is 24.3. The summed E-state index contributed by atoms with van der Waals surface area (Å²) in [6, 6.07) is 0. The Morgan fingerprint density at radius 3 is 2.35 bits per heavy atom. The van der Waals surface area contributed by atoms with E-state index in [1.54, 1.807) is 27.9 Å². The summed E-state index contributed by atoms with van der Waals surface area (Å²) in [7, 11) is 1.61. The molecular weight excluding hydrogens is 296 g/mol. The Balaban J connectivity index is 3.08.